The van der Waals surface area contributed by atoms with Crippen LogP contribution in [0.5, 0.6) is 0 Å². The molecule has 6 nitrogen and oxygen atoms in total. The predicted molar refractivity (Wildman–Crippen MR) is 98.9 cm³/mol. The number of benzene rings is 1. The van der Waals surface area contributed by atoms with E-state index in [4.69, 9.17) is 0 Å². The highest BCUT2D eigenvalue weighted by Crippen LogP contribution is 2.30. The SMILES string of the molecule is CC(C)c1ccc(C(Nc2ccc3nnnn3n2)c2cccs2)cc1. The summed E-state index contributed by atoms with van der Waals surface area (Å²) in [5, 5.41) is 21.4. The Bertz CT molecular complexity index is 959. The first-order chi connectivity index (χ1) is 12.2. The number of rotatable bonds is 5. The van der Waals surface area contributed by atoms with Crippen molar-refractivity contribution in [3.8, 4) is 0 Å². The van der Waals surface area contributed by atoms with E-state index in [2.05, 4.69) is 81.6 Å². The van der Waals surface area contributed by atoms with Crippen LogP contribution < -0.4 is 5.32 Å². The molecule has 0 aliphatic rings. The Morgan fingerprint density at radius 3 is 2.52 bits per heavy atom. The Kier molecular flexibility index (Phi) is 4.15. The van der Waals surface area contributed by atoms with Gasteiger partial charge in [-0.05, 0) is 51.1 Å². The first-order valence-electron chi connectivity index (χ1n) is 8.16. The minimum Gasteiger partial charge on any atom is -0.357 e. The quantitative estimate of drug-likeness (QED) is 0.591. The van der Waals surface area contributed by atoms with Gasteiger partial charge in [-0.15, -0.1) is 26.2 Å². The Balaban J connectivity index is 1.68. The lowest BCUT2D eigenvalue weighted by Crippen LogP contribution is -2.13. The molecule has 1 unspecified atom stereocenters. The fraction of sp³-hybridized carbons (Fsp3) is 0.222. The fourth-order valence-electron chi connectivity index (χ4n) is 2.72. The molecule has 0 aliphatic heterocycles. The van der Waals surface area contributed by atoms with Crippen LogP contribution in [0, 0.1) is 0 Å². The van der Waals surface area contributed by atoms with E-state index in [0.717, 1.165) is 5.82 Å². The fourth-order valence-corrected chi connectivity index (χ4v) is 3.52. The van der Waals surface area contributed by atoms with Gasteiger partial charge in [-0.3, -0.25) is 0 Å². The van der Waals surface area contributed by atoms with Gasteiger partial charge in [-0.1, -0.05) is 44.2 Å². The lowest BCUT2D eigenvalue weighted by atomic mass is 9.98. The molecular weight excluding hydrogens is 332 g/mol. The van der Waals surface area contributed by atoms with Gasteiger partial charge in [0.25, 0.3) is 0 Å². The smallest absolute Gasteiger partial charge is 0.200 e. The van der Waals surface area contributed by atoms with Crippen LogP contribution in [0.15, 0.2) is 53.9 Å². The second-order valence-corrected chi connectivity index (χ2v) is 7.14. The molecule has 3 heterocycles. The van der Waals surface area contributed by atoms with Gasteiger partial charge in [0, 0.05) is 4.88 Å². The third kappa shape index (κ3) is 3.23. The molecule has 25 heavy (non-hydrogen) atoms. The Labute approximate surface area is 149 Å². The molecule has 0 amide bonds. The molecule has 0 saturated heterocycles. The summed E-state index contributed by atoms with van der Waals surface area (Å²) >= 11 is 1.72. The van der Waals surface area contributed by atoms with Crippen molar-refractivity contribution < 1.29 is 0 Å². The third-order valence-electron chi connectivity index (χ3n) is 4.13. The van der Waals surface area contributed by atoms with E-state index in [-0.39, 0.29) is 6.04 Å². The van der Waals surface area contributed by atoms with Crippen LogP contribution in [0.4, 0.5) is 5.82 Å². The molecule has 0 spiro atoms. The van der Waals surface area contributed by atoms with Crippen molar-refractivity contribution in [1.82, 2.24) is 25.3 Å². The molecule has 4 rings (SSSR count). The van der Waals surface area contributed by atoms with E-state index < -0.39 is 0 Å². The first kappa shape index (κ1) is 15.7. The largest absolute Gasteiger partial charge is 0.357 e. The van der Waals surface area contributed by atoms with Gasteiger partial charge in [0.05, 0.1) is 6.04 Å². The zero-order valence-corrected chi connectivity index (χ0v) is 14.8. The maximum atomic E-state index is 4.43. The number of tetrazole rings is 1. The van der Waals surface area contributed by atoms with Gasteiger partial charge in [0.1, 0.15) is 5.82 Å². The van der Waals surface area contributed by atoms with Crippen molar-refractivity contribution in [2.45, 2.75) is 25.8 Å². The average Bonchev–Trinajstić information content (AvgIpc) is 3.31. The summed E-state index contributed by atoms with van der Waals surface area (Å²) in [6.07, 6.45) is 0. The van der Waals surface area contributed by atoms with E-state index in [1.54, 1.807) is 11.3 Å². The summed E-state index contributed by atoms with van der Waals surface area (Å²) < 4.78 is 1.43. The van der Waals surface area contributed by atoms with Crippen molar-refractivity contribution in [3.05, 3.63) is 69.9 Å². The number of hydrogen-bond donors (Lipinski definition) is 1. The van der Waals surface area contributed by atoms with Crippen LogP contribution in [0.3, 0.4) is 0 Å². The standard InChI is InChI=1S/C18H18N6S/c1-12(2)13-5-7-14(8-6-13)18(15-4-3-11-25-15)19-16-9-10-17-20-22-23-24(17)21-16/h3-12,18H,1-2H3,(H,19,21). The average molecular weight is 350 g/mol. The molecule has 4 aromatic rings. The first-order valence-corrected chi connectivity index (χ1v) is 9.04. The number of nitrogens with zero attached hydrogens (tertiary/aromatic N) is 5. The van der Waals surface area contributed by atoms with Crippen molar-refractivity contribution in [2.24, 2.45) is 0 Å². The van der Waals surface area contributed by atoms with Gasteiger partial charge in [-0.2, -0.15) is 0 Å². The highest BCUT2D eigenvalue weighted by Gasteiger charge is 2.16. The lowest BCUT2D eigenvalue weighted by molar-refractivity contribution is 0.731. The van der Waals surface area contributed by atoms with Crippen molar-refractivity contribution in [1.29, 1.82) is 0 Å². The summed E-state index contributed by atoms with van der Waals surface area (Å²) in [6, 6.07) is 16.7. The minimum absolute atomic E-state index is 0.0302. The maximum absolute atomic E-state index is 4.43. The summed E-state index contributed by atoms with van der Waals surface area (Å²) in [5.41, 5.74) is 3.16. The summed E-state index contributed by atoms with van der Waals surface area (Å²) in [5.74, 6) is 1.25. The summed E-state index contributed by atoms with van der Waals surface area (Å²) in [6.45, 7) is 4.41. The van der Waals surface area contributed by atoms with Gasteiger partial charge < -0.3 is 5.32 Å². The van der Waals surface area contributed by atoms with Crippen LogP contribution >= 0.6 is 11.3 Å². The molecule has 1 atom stereocenters. The van der Waals surface area contributed by atoms with E-state index >= 15 is 0 Å². The number of thiophene rings is 1. The predicted octanol–water partition coefficient (Wildman–Crippen LogP) is 3.91. The normalized spacial score (nSPS) is 12.6. The molecule has 126 valence electrons. The topological polar surface area (TPSA) is 68.0 Å². The summed E-state index contributed by atoms with van der Waals surface area (Å²) in [4.78, 5) is 1.23. The molecule has 3 aromatic heterocycles. The van der Waals surface area contributed by atoms with Gasteiger partial charge in [0.15, 0.2) is 5.65 Å². The highest BCUT2D eigenvalue weighted by atomic mass is 32.1. The second kappa shape index (κ2) is 6.60. The van der Waals surface area contributed by atoms with Crippen LogP contribution in [-0.4, -0.2) is 25.3 Å². The molecule has 0 bridgehead atoms. The maximum Gasteiger partial charge on any atom is 0.200 e. The van der Waals surface area contributed by atoms with Gasteiger partial charge in [-0.25, -0.2) is 0 Å². The van der Waals surface area contributed by atoms with E-state index in [0.29, 0.717) is 11.6 Å². The van der Waals surface area contributed by atoms with Gasteiger partial charge >= 0.3 is 0 Å². The summed E-state index contributed by atoms with van der Waals surface area (Å²) in [7, 11) is 0. The molecule has 0 radical (unpaired) electrons. The van der Waals surface area contributed by atoms with Crippen molar-refractivity contribution >= 4 is 22.8 Å². The zero-order chi connectivity index (χ0) is 17.2. The van der Waals surface area contributed by atoms with Gasteiger partial charge in [0.2, 0.25) is 0 Å². The molecule has 7 heteroatoms. The Hall–Kier alpha value is -2.80. The molecular formula is C18H18N6S. The zero-order valence-electron chi connectivity index (χ0n) is 14.0. The number of hydrogen-bond acceptors (Lipinski definition) is 6. The molecule has 1 N–H and O–H groups in total. The lowest BCUT2D eigenvalue weighted by Gasteiger charge is -2.19. The van der Waals surface area contributed by atoms with E-state index in [1.165, 1.54) is 20.6 Å². The van der Waals surface area contributed by atoms with Crippen LogP contribution in [-0.2, 0) is 0 Å². The number of nitrogens with one attached hydrogen (secondary N) is 1. The monoisotopic (exact) mass is 350 g/mol. The van der Waals surface area contributed by atoms with Crippen molar-refractivity contribution in [3.63, 3.8) is 0 Å². The second-order valence-electron chi connectivity index (χ2n) is 6.16. The molecule has 0 saturated carbocycles. The molecule has 0 fully saturated rings. The van der Waals surface area contributed by atoms with Crippen LogP contribution in [0.25, 0.3) is 5.65 Å². The van der Waals surface area contributed by atoms with Crippen LogP contribution in [0.1, 0.15) is 41.8 Å². The minimum atomic E-state index is 0.0302. The molecule has 1 aromatic carbocycles. The highest BCUT2D eigenvalue weighted by molar-refractivity contribution is 7.10. The van der Waals surface area contributed by atoms with E-state index in [1.807, 2.05) is 12.1 Å². The van der Waals surface area contributed by atoms with E-state index in [9.17, 15) is 0 Å². The Morgan fingerprint density at radius 2 is 1.80 bits per heavy atom. The third-order valence-corrected chi connectivity index (χ3v) is 5.06. The van der Waals surface area contributed by atoms with Crippen LogP contribution in [0.2, 0.25) is 0 Å². The number of anilines is 1. The number of fused-ring (bicyclic) bond motifs is 1. The Morgan fingerprint density at radius 1 is 1.00 bits per heavy atom. The van der Waals surface area contributed by atoms with Crippen molar-refractivity contribution in [2.75, 3.05) is 5.32 Å². The number of aromatic nitrogens is 5. The molecule has 0 aliphatic carbocycles.